The van der Waals surface area contributed by atoms with E-state index in [0.29, 0.717) is 12.5 Å². The van der Waals surface area contributed by atoms with Crippen molar-refractivity contribution in [2.24, 2.45) is 4.99 Å². The van der Waals surface area contributed by atoms with Crippen LogP contribution in [0.25, 0.3) is 0 Å². The van der Waals surface area contributed by atoms with Crippen LogP contribution in [0.5, 0.6) is 0 Å². The molecule has 3 rings (SSSR count). The predicted octanol–water partition coefficient (Wildman–Crippen LogP) is 3.06. The lowest BCUT2D eigenvalue weighted by atomic mass is 10.3. The van der Waals surface area contributed by atoms with Crippen molar-refractivity contribution in [1.29, 1.82) is 0 Å². The number of hydrogen-bond acceptors (Lipinski definition) is 5. The maximum atomic E-state index is 13.8. The van der Waals surface area contributed by atoms with Gasteiger partial charge in [0.05, 0.1) is 12.3 Å². The summed E-state index contributed by atoms with van der Waals surface area (Å²) < 4.78 is 38.6. The Kier molecular flexibility index (Phi) is 9.98. The van der Waals surface area contributed by atoms with Gasteiger partial charge in [0.25, 0.3) is 0 Å². The van der Waals surface area contributed by atoms with Crippen molar-refractivity contribution in [1.82, 2.24) is 15.1 Å². The fourth-order valence-corrected chi connectivity index (χ4v) is 5.19. The second-order valence-corrected chi connectivity index (χ2v) is 9.94. The van der Waals surface area contributed by atoms with Crippen LogP contribution in [0.2, 0.25) is 0 Å². The maximum Gasteiger partial charge on any atom is 0.194 e. The first kappa shape index (κ1) is 25.0. The Morgan fingerprint density at radius 1 is 1.17 bits per heavy atom. The van der Waals surface area contributed by atoms with Crippen LogP contribution < -0.4 is 5.32 Å². The second kappa shape index (κ2) is 12.0. The molecule has 30 heavy (non-hydrogen) atoms. The molecule has 1 aromatic carbocycles. The first-order chi connectivity index (χ1) is 14.0. The van der Waals surface area contributed by atoms with Gasteiger partial charge >= 0.3 is 0 Å². The Hall–Kier alpha value is -1.24. The SMILES string of the molecule is CCNC(=NCCS(=O)(=O)c1ccccc1F)N1CCN(Cc2cccs2)CC1.I. The minimum Gasteiger partial charge on any atom is -0.357 e. The number of piperazine rings is 1. The fourth-order valence-electron chi connectivity index (χ4n) is 3.25. The van der Waals surface area contributed by atoms with Gasteiger partial charge in [-0.25, -0.2) is 12.8 Å². The Bertz CT molecular complexity index is 915. The van der Waals surface area contributed by atoms with Crippen LogP contribution >= 0.6 is 35.3 Å². The van der Waals surface area contributed by atoms with Crippen molar-refractivity contribution >= 4 is 51.1 Å². The highest BCUT2D eigenvalue weighted by Gasteiger charge is 2.21. The molecular weight excluding hydrogens is 538 g/mol. The molecule has 0 radical (unpaired) electrons. The minimum absolute atomic E-state index is 0. The average molecular weight is 567 g/mol. The van der Waals surface area contributed by atoms with E-state index in [-0.39, 0.29) is 41.2 Å². The maximum absolute atomic E-state index is 13.8. The van der Waals surface area contributed by atoms with Crippen molar-refractivity contribution in [3.05, 3.63) is 52.5 Å². The summed E-state index contributed by atoms with van der Waals surface area (Å²) in [5.41, 5.74) is 0. The molecule has 0 amide bonds. The number of thiophene rings is 1. The van der Waals surface area contributed by atoms with Crippen LogP contribution in [0.15, 0.2) is 51.7 Å². The zero-order valence-corrected chi connectivity index (χ0v) is 20.9. The number of sulfone groups is 1. The number of aliphatic imine (C=N–C) groups is 1. The summed E-state index contributed by atoms with van der Waals surface area (Å²) in [5, 5.41) is 5.33. The monoisotopic (exact) mass is 566 g/mol. The van der Waals surface area contributed by atoms with Gasteiger partial charge in [0.15, 0.2) is 15.8 Å². The van der Waals surface area contributed by atoms with Gasteiger partial charge in [-0.1, -0.05) is 18.2 Å². The first-order valence-electron chi connectivity index (χ1n) is 9.75. The van der Waals surface area contributed by atoms with Crippen LogP contribution in [0, 0.1) is 5.82 Å². The summed E-state index contributed by atoms with van der Waals surface area (Å²) in [6.45, 7) is 7.25. The standard InChI is InChI=1S/C20H27FN4O2S2.HI/c1-2-22-20(23-9-15-29(26,27)19-8-4-3-7-18(19)21)25-12-10-24(11-13-25)16-17-6-5-14-28-17;/h3-8,14H,2,9-13,15-16H2,1H3,(H,22,23);1H. The van der Waals surface area contributed by atoms with Crippen LogP contribution in [0.4, 0.5) is 4.39 Å². The van der Waals surface area contributed by atoms with E-state index < -0.39 is 15.7 Å². The molecule has 1 aliphatic rings. The van der Waals surface area contributed by atoms with Gasteiger partial charge < -0.3 is 10.2 Å². The highest BCUT2D eigenvalue weighted by Crippen LogP contribution is 2.16. The minimum atomic E-state index is -3.71. The second-order valence-electron chi connectivity index (χ2n) is 6.83. The summed E-state index contributed by atoms with van der Waals surface area (Å²) in [7, 11) is -3.71. The molecule has 1 fully saturated rings. The van der Waals surface area contributed by atoms with Crippen LogP contribution in [0.3, 0.4) is 0 Å². The Balaban J connectivity index is 0.00000320. The van der Waals surface area contributed by atoms with Crippen LogP contribution in [-0.2, 0) is 16.4 Å². The molecule has 1 aliphatic heterocycles. The lowest BCUT2D eigenvalue weighted by Gasteiger charge is -2.36. The Morgan fingerprint density at radius 3 is 2.53 bits per heavy atom. The third-order valence-electron chi connectivity index (χ3n) is 4.76. The largest absolute Gasteiger partial charge is 0.357 e. The first-order valence-corrected chi connectivity index (χ1v) is 12.3. The van der Waals surface area contributed by atoms with Crippen LogP contribution in [0.1, 0.15) is 11.8 Å². The highest BCUT2D eigenvalue weighted by molar-refractivity contribution is 14.0. The molecule has 0 saturated carbocycles. The van der Waals surface area contributed by atoms with Crippen molar-refractivity contribution in [3.63, 3.8) is 0 Å². The average Bonchev–Trinajstić information content (AvgIpc) is 3.21. The molecule has 2 aromatic rings. The number of hydrogen-bond donors (Lipinski definition) is 1. The molecule has 0 unspecified atom stereocenters. The summed E-state index contributed by atoms with van der Waals surface area (Å²) in [5.74, 6) is -0.224. The lowest BCUT2D eigenvalue weighted by Crippen LogP contribution is -2.52. The molecule has 0 atom stereocenters. The van der Waals surface area contributed by atoms with Crippen molar-refractivity contribution < 1.29 is 12.8 Å². The number of nitrogens with zero attached hydrogens (tertiary/aromatic N) is 3. The van der Waals surface area contributed by atoms with Gasteiger partial charge in [0, 0.05) is 44.1 Å². The third-order valence-corrected chi connectivity index (χ3v) is 7.34. The van der Waals surface area contributed by atoms with E-state index in [9.17, 15) is 12.8 Å². The van der Waals surface area contributed by atoms with E-state index in [0.717, 1.165) is 38.8 Å². The number of nitrogens with one attached hydrogen (secondary N) is 1. The van der Waals surface area contributed by atoms with Gasteiger partial charge in [-0.3, -0.25) is 9.89 Å². The van der Waals surface area contributed by atoms with E-state index in [1.54, 1.807) is 11.3 Å². The molecule has 1 N–H and O–H groups in total. The summed E-state index contributed by atoms with van der Waals surface area (Å²) in [4.78, 5) is 10.2. The fraction of sp³-hybridized carbons (Fsp3) is 0.450. The van der Waals surface area contributed by atoms with Crippen molar-refractivity contribution in [2.75, 3.05) is 45.0 Å². The Labute approximate surface area is 199 Å². The number of benzene rings is 1. The smallest absolute Gasteiger partial charge is 0.194 e. The molecule has 2 heterocycles. The molecule has 0 aliphatic carbocycles. The quantitative estimate of drug-likeness (QED) is 0.317. The van der Waals surface area contributed by atoms with Gasteiger partial charge in [-0.05, 0) is 30.5 Å². The molecule has 10 heteroatoms. The zero-order valence-electron chi connectivity index (χ0n) is 17.0. The van der Waals surface area contributed by atoms with E-state index in [2.05, 4.69) is 37.6 Å². The lowest BCUT2D eigenvalue weighted by molar-refractivity contribution is 0.174. The van der Waals surface area contributed by atoms with Gasteiger partial charge in [-0.2, -0.15) is 0 Å². The highest BCUT2D eigenvalue weighted by atomic mass is 127. The number of halogens is 2. The Morgan fingerprint density at radius 2 is 1.90 bits per heavy atom. The number of guanidine groups is 1. The van der Waals surface area contributed by atoms with E-state index in [1.165, 1.54) is 23.1 Å². The van der Waals surface area contributed by atoms with Crippen molar-refractivity contribution in [3.8, 4) is 0 Å². The molecule has 0 spiro atoms. The molecule has 6 nitrogen and oxygen atoms in total. The molecule has 166 valence electrons. The van der Waals surface area contributed by atoms with Crippen molar-refractivity contribution in [2.45, 2.75) is 18.4 Å². The van der Waals surface area contributed by atoms with Crippen LogP contribution in [-0.4, -0.2) is 69.2 Å². The predicted molar refractivity (Wildman–Crippen MR) is 131 cm³/mol. The summed E-state index contributed by atoms with van der Waals surface area (Å²) in [6, 6.07) is 9.69. The molecular formula is C20H28FIN4O2S2. The molecule has 1 aromatic heterocycles. The van der Waals surface area contributed by atoms with E-state index in [1.807, 2.05) is 6.92 Å². The van der Waals surface area contributed by atoms with E-state index in [4.69, 9.17) is 0 Å². The number of rotatable bonds is 7. The summed E-state index contributed by atoms with van der Waals surface area (Å²) >= 11 is 1.77. The molecule has 0 bridgehead atoms. The van der Waals surface area contributed by atoms with Gasteiger partial charge in [-0.15, -0.1) is 35.3 Å². The molecule has 1 saturated heterocycles. The zero-order chi connectivity index (χ0) is 20.7. The normalized spacial score (nSPS) is 15.7. The topological polar surface area (TPSA) is 65.0 Å². The summed E-state index contributed by atoms with van der Waals surface area (Å²) in [6.07, 6.45) is 0. The van der Waals surface area contributed by atoms with Gasteiger partial charge in [0.2, 0.25) is 0 Å². The van der Waals surface area contributed by atoms with Gasteiger partial charge in [0.1, 0.15) is 10.7 Å². The third kappa shape index (κ3) is 6.89. The van der Waals surface area contributed by atoms with E-state index >= 15 is 0 Å².